The number of rotatable bonds is 3. The molecule has 1 aromatic heterocycles. The highest BCUT2D eigenvalue weighted by Gasteiger charge is 2.12. The number of nitrogens with two attached hydrogens (primary N) is 1. The third kappa shape index (κ3) is 2.81. The first-order chi connectivity index (χ1) is 8.06. The first kappa shape index (κ1) is 12.0. The molecule has 3 N–H and O–H groups in total. The highest BCUT2D eigenvalue weighted by atomic mass is 35.5. The highest BCUT2D eigenvalue weighted by Crippen LogP contribution is 2.28. The zero-order valence-electron chi connectivity index (χ0n) is 8.95. The fraction of sp³-hybridized carbons (Fsp3) is 0.200. The molecule has 5 nitrogen and oxygen atoms in total. The maximum absolute atomic E-state index is 6.08. The van der Waals surface area contributed by atoms with Gasteiger partial charge in [0.25, 0.3) is 0 Å². The van der Waals surface area contributed by atoms with Crippen LogP contribution in [0.1, 0.15) is 18.5 Å². The van der Waals surface area contributed by atoms with Crippen molar-refractivity contribution in [2.24, 2.45) is 0 Å². The average Bonchev–Trinajstić information content (AvgIpc) is 2.63. The maximum Gasteiger partial charge on any atom is 0.317 e. The number of nitrogens with one attached hydrogen (secondary N) is 1. The van der Waals surface area contributed by atoms with E-state index in [1.54, 1.807) is 12.1 Å². The Balaban J connectivity index is 2.17. The van der Waals surface area contributed by atoms with Crippen molar-refractivity contribution < 1.29 is 4.42 Å². The summed E-state index contributed by atoms with van der Waals surface area (Å²) >= 11 is 11.9. The van der Waals surface area contributed by atoms with Crippen LogP contribution in [0.2, 0.25) is 10.0 Å². The van der Waals surface area contributed by atoms with Gasteiger partial charge in [-0.2, -0.15) is 0 Å². The summed E-state index contributed by atoms with van der Waals surface area (Å²) in [5.74, 6) is 0. The Hall–Kier alpha value is -1.46. The zero-order valence-corrected chi connectivity index (χ0v) is 10.5. The quantitative estimate of drug-likeness (QED) is 0.898. The number of anilines is 2. The molecule has 0 spiro atoms. The minimum absolute atomic E-state index is 0.0157. The molecule has 0 saturated heterocycles. The van der Waals surface area contributed by atoms with Crippen molar-refractivity contribution >= 4 is 35.2 Å². The standard InChI is InChI=1S/C10H10Cl2N4O/c1-5(14-10-16-15-9(13)17-10)7-3-2-6(11)4-8(7)12/h2-5H,1H3,(H2,13,15)(H,14,16). The molecule has 2 rings (SSSR count). The van der Waals surface area contributed by atoms with Crippen molar-refractivity contribution in [1.29, 1.82) is 0 Å². The Morgan fingerprint density at radius 2 is 2.12 bits per heavy atom. The van der Waals surface area contributed by atoms with Gasteiger partial charge in [-0.15, -0.1) is 0 Å². The van der Waals surface area contributed by atoms with Gasteiger partial charge in [0.05, 0.1) is 6.04 Å². The third-order valence-corrected chi connectivity index (χ3v) is 2.77. The van der Waals surface area contributed by atoms with E-state index in [0.717, 1.165) is 5.56 Å². The second kappa shape index (κ2) is 4.81. The molecule has 0 saturated carbocycles. The minimum Gasteiger partial charge on any atom is -0.390 e. The molecule has 90 valence electrons. The molecule has 0 fully saturated rings. The van der Waals surface area contributed by atoms with Crippen LogP contribution < -0.4 is 11.1 Å². The van der Waals surface area contributed by atoms with Crippen molar-refractivity contribution in [3.63, 3.8) is 0 Å². The van der Waals surface area contributed by atoms with Crippen LogP contribution in [0.3, 0.4) is 0 Å². The molecule has 0 aliphatic rings. The molecule has 0 aliphatic carbocycles. The van der Waals surface area contributed by atoms with E-state index in [2.05, 4.69) is 15.5 Å². The van der Waals surface area contributed by atoms with E-state index >= 15 is 0 Å². The molecule has 0 aliphatic heterocycles. The lowest BCUT2D eigenvalue weighted by Crippen LogP contribution is -2.07. The summed E-state index contributed by atoms with van der Waals surface area (Å²) in [5, 5.41) is 11.4. The Bertz CT molecular complexity index is 529. The van der Waals surface area contributed by atoms with E-state index in [1.165, 1.54) is 0 Å². The number of aromatic nitrogens is 2. The van der Waals surface area contributed by atoms with E-state index in [-0.39, 0.29) is 18.1 Å². The molecular weight excluding hydrogens is 263 g/mol. The lowest BCUT2D eigenvalue weighted by Gasteiger charge is -2.13. The van der Waals surface area contributed by atoms with Gasteiger partial charge in [0.2, 0.25) is 0 Å². The van der Waals surface area contributed by atoms with E-state index in [1.807, 2.05) is 13.0 Å². The van der Waals surface area contributed by atoms with Gasteiger partial charge in [0.1, 0.15) is 0 Å². The Morgan fingerprint density at radius 1 is 1.35 bits per heavy atom. The van der Waals surface area contributed by atoms with E-state index < -0.39 is 0 Å². The number of nitrogen functional groups attached to an aromatic ring is 1. The van der Waals surface area contributed by atoms with Gasteiger partial charge < -0.3 is 15.5 Å². The summed E-state index contributed by atoms with van der Waals surface area (Å²) in [6.45, 7) is 1.91. The largest absolute Gasteiger partial charge is 0.390 e. The van der Waals surface area contributed by atoms with Gasteiger partial charge in [-0.25, -0.2) is 0 Å². The van der Waals surface area contributed by atoms with Gasteiger partial charge in [-0.05, 0) is 24.6 Å². The lowest BCUT2D eigenvalue weighted by atomic mass is 10.1. The third-order valence-electron chi connectivity index (χ3n) is 2.21. The molecule has 7 heteroatoms. The lowest BCUT2D eigenvalue weighted by molar-refractivity contribution is 0.578. The Morgan fingerprint density at radius 3 is 2.71 bits per heavy atom. The summed E-state index contributed by atoms with van der Waals surface area (Å²) in [5.41, 5.74) is 6.20. The summed E-state index contributed by atoms with van der Waals surface area (Å²) < 4.78 is 5.01. The second-order valence-corrected chi connectivity index (χ2v) is 4.32. The number of halogens is 2. The van der Waals surface area contributed by atoms with Crippen molar-refractivity contribution in [1.82, 2.24) is 10.2 Å². The fourth-order valence-corrected chi connectivity index (χ4v) is 1.98. The molecule has 0 bridgehead atoms. The average molecular weight is 273 g/mol. The predicted octanol–water partition coefficient (Wildman–Crippen LogP) is 3.13. The van der Waals surface area contributed by atoms with Crippen molar-refractivity contribution in [2.45, 2.75) is 13.0 Å². The number of benzene rings is 1. The normalized spacial score (nSPS) is 12.4. The van der Waals surface area contributed by atoms with Crippen LogP contribution >= 0.6 is 23.2 Å². The second-order valence-electron chi connectivity index (χ2n) is 3.48. The van der Waals surface area contributed by atoms with E-state index in [0.29, 0.717) is 10.0 Å². The van der Waals surface area contributed by atoms with Gasteiger partial charge in [0.15, 0.2) is 0 Å². The van der Waals surface area contributed by atoms with Crippen molar-refractivity contribution in [3.05, 3.63) is 33.8 Å². The SMILES string of the molecule is CC(Nc1nnc(N)o1)c1ccc(Cl)cc1Cl. The van der Waals surface area contributed by atoms with Crippen LogP contribution in [0.25, 0.3) is 0 Å². The number of hydrogen-bond acceptors (Lipinski definition) is 5. The Labute approximate surface area is 108 Å². The highest BCUT2D eigenvalue weighted by molar-refractivity contribution is 6.35. The number of hydrogen-bond donors (Lipinski definition) is 2. The van der Waals surface area contributed by atoms with Crippen LogP contribution in [0.5, 0.6) is 0 Å². The zero-order chi connectivity index (χ0) is 12.4. The van der Waals surface area contributed by atoms with Crippen molar-refractivity contribution in [3.8, 4) is 0 Å². The predicted molar refractivity (Wildman–Crippen MR) is 67.2 cm³/mol. The van der Waals surface area contributed by atoms with Gasteiger partial charge in [0, 0.05) is 10.0 Å². The summed E-state index contributed by atoms with van der Waals surface area (Å²) in [6, 6.07) is 5.45. The Kier molecular flexibility index (Phi) is 3.40. The molecule has 1 unspecified atom stereocenters. The van der Waals surface area contributed by atoms with Gasteiger partial charge in [-0.3, -0.25) is 0 Å². The molecule has 0 radical (unpaired) electrons. The number of nitrogens with zero attached hydrogens (tertiary/aromatic N) is 2. The summed E-state index contributed by atoms with van der Waals surface area (Å²) in [6.07, 6.45) is 0. The summed E-state index contributed by atoms with van der Waals surface area (Å²) in [7, 11) is 0. The molecule has 17 heavy (non-hydrogen) atoms. The maximum atomic E-state index is 6.08. The molecule has 1 heterocycles. The summed E-state index contributed by atoms with van der Waals surface area (Å²) in [4.78, 5) is 0. The molecular formula is C10H10Cl2N4O. The van der Waals surface area contributed by atoms with Gasteiger partial charge in [-0.1, -0.05) is 39.5 Å². The molecule has 2 aromatic rings. The van der Waals surface area contributed by atoms with Crippen molar-refractivity contribution in [2.75, 3.05) is 11.1 Å². The molecule has 1 aromatic carbocycles. The first-order valence-corrected chi connectivity index (χ1v) is 5.62. The minimum atomic E-state index is -0.0976. The smallest absolute Gasteiger partial charge is 0.317 e. The molecule has 1 atom stereocenters. The van der Waals surface area contributed by atoms with E-state index in [9.17, 15) is 0 Å². The molecule has 0 amide bonds. The monoisotopic (exact) mass is 272 g/mol. The van der Waals surface area contributed by atoms with Gasteiger partial charge >= 0.3 is 12.0 Å². The van der Waals surface area contributed by atoms with Crippen LogP contribution in [-0.4, -0.2) is 10.2 Å². The van der Waals surface area contributed by atoms with E-state index in [4.69, 9.17) is 33.4 Å². The van der Waals surface area contributed by atoms with Crippen LogP contribution in [0.15, 0.2) is 22.6 Å². The van der Waals surface area contributed by atoms with Crippen LogP contribution in [-0.2, 0) is 0 Å². The fourth-order valence-electron chi connectivity index (χ4n) is 1.41. The first-order valence-electron chi connectivity index (χ1n) is 4.86. The van der Waals surface area contributed by atoms with Crippen LogP contribution in [0.4, 0.5) is 12.0 Å². The van der Waals surface area contributed by atoms with Crippen LogP contribution in [0, 0.1) is 0 Å². The topological polar surface area (TPSA) is 77.0 Å².